The first-order valence-corrected chi connectivity index (χ1v) is 12.0. The molecule has 1 rings (SSSR count). The topological polar surface area (TPSA) is 114 Å². The molecule has 0 bridgehead atoms. The van der Waals surface area contributed by atoms with E-state index in [1.807, 2.05) is 51.1 Å². The molecule has 0 aliphatic rings. The quantitative estimate of drug-likeness (QED) is 0.396. The van der Waals surface area contributed by atoms with Crippen LogP contribution in [0.4, 0.5) is 4.79 Å². The second kappa shape index (κ2) is 13.9. The third kappa shape index (κ3) is 10.5. The molecular weight excluding hydrogens is 436 g/mol. The molecule has 2 amide bonds. The summed E-state index contributed by atoms with van der Waals surface area (Å²) in [6.45, 7) is 10.9. The number of hydrogen-bond donors (Lipinski definition) is 3. The summed E-state index contributed by atoms with van der Waals surface area (Å²) in [5, 5.41) is 16.7. The maximum Gasteiger partial charge on any atom is 0.407 e. The van der Waals surface area contributed by atoms with E-state index in [0.29, 0.717) is 12.8 Å². The molecule has 0 aromatic heterocycles. The largest absolute Gasteiger partial charge is 0.467 e. The number of carbonyl (C=O) groups is 3. The van der Waals surface area contributed by atoms with E-state index >= 15 is 0 Å². The van der Waals surface area contributed by atoms with E-state index in [0.717, 1.165) is 12.0 Å². The van der Waals surface area contributed by atoms with Crippen molar-refractivity contribution >= 4 is 18.0 Å². The number of aliphatic hydroxyl groups is 1. The van der Waals surface area contributed by atoms with Gasteiger partial charge in [-0.3, -0.25) is 4.79 Å². The summed E-state index contributed by atoms with van der Waals surface area (Å²) in [5.74, 6) is -1.51. The molecule has 3 N–H and O–H groups in total. The highest BCUT2D eigenvalue weighted by Crippen LogP contribution is 2.20. The van der Waals surface area contributed by atoms with Crippen LogP contribution in [0.2, 0.25) is 0 Å². The number of amides is 2. The predicted molar refractivity (Wildman–Crippen MR) is 131 cm³/mol. The van der Waals surface area contributed by atoms with E-state index in [1.54, 1.807) is 20.8 Å². The first-order chi connectivity index (χ1) is 15.9. The van der Waals surface area contributed by atoms with E-state index in [4.69, 9.17) is 9.47 Å². The molecular formula is C26H42N2O6. The van der Waals surface area contributed by atoms with E-state index in [-0.39, 0.29) is 18.2 Å². The Morgan fingerprint density at radius 3 is 2.18 bits per heavy atom. The van der Waals surface area contributed by atoms with Gasteiger partial charge in [0.2, 0.25) is 5.91 Å². The van der Waals surface area contributed by atoms with Gasteiger partial charge in [-0.2, -0.15) is 0 Å². The smallest absolute Gasteiger partial charge is 0.407 e. The Labute approximate surface area is 203 Å². The first-order valence-electron chi connectivity index (χ1n) is 12.0. The van der Waals surface area contributed by atoms with Crippen molar-refractivity contribution in [3.05, 3.63) is 35.9 Å². The van der Waals surface area contributed by atoms with Gasteiger partial charge in [-0.1, -0.05) is 57.5 Å². The lowest BCUT2D eigenvalue weighted by atomic mass is 9.89. The third-order valence-electron chi connectivity index (χ3n) is 5.42. The zero-order valence-electron chi connectivity index (χ0n) is 21.6. The van der Waals surface area contributed by atoms with Crippen LogP contribution in [0.15, 0.2) is 30.3 Å². The summed E-state index contributed by atoms with van der Waals surface area (Å²) in [7, 11) is 1.29. The van der Waals surface area contributed by atoms with Crippen LogP contribution in [0, 0.1) is 11.8 Å². The molecule has 1 aromatic carbocycles. The fourth-order valence-electron chi connectivity index (χ4n) is 3.67. The van der Waals surface area contributed by atoms with Crippen LogP contribution in [0.3, 0.4) is 0 Å². The summed E-state index contributed by atoms with van der Waals surface area (Å²) in [4.78, 5) is 37.6. The second-order valence-corrected chi connectivity index (χ2v) is 9.98. The van der Waals surface area contributed by atoms with Crippen molar-refractivity contribution in [3.8, 4) is 0 Å². The van der Waals surface area contributed by atoms with Gasteiger partial charge in [0.25, 0.3) is 0 Å². The summed E-state index contributed by atoms with van der Waals surface area (Å²) in [6, 6.07) is 8.06. The van der Waals surface area contributed by atoms with Gasteiger partial charge in [-0.25, -0.2) is 9.59 Å². The molecule has 0 radical (unpaired) electrons. The van der Waals surface area contributed by atoms with Gasteiger partial charge in [-0.15, -0.1) is 0 Å². The predicted octanol–water partition coefficient (Wildman–Crippen LogP) is 3.60. The molecule has 192 valence electrons. The molecule has 0 saturated heterocycles. The number of aliphatic hydroxyl groups excluding tert-OH is 1. The number of esters is 1. The number of hydrogen-bond acceptors (Lipinski definition) is 6. The van der Waals surface area contributed by atoms with Crippen LogP contribution in [0.5, 0.6) is 0 Å². The van der Waals surface area contributed by atoms with Crippen molar-refractivity contribution in [3.63, 3.8) is 0 Å². The van der Waals surface area contributed by atoms with Crippen LogP contribution < -0.4 is 10.6 Å². The van der Waals surface area contributed by atoms with Crippen LogP contribution in [-0.4, -0.2) is 54.0 Å². The average Bonchev–Trinajstić information content (AvgIpc) is 2.75. The number of rotatable bonds is 12. The minimum Gasteiger partial charge on any atom is -0.467 e. The molecule has 34 heavy (non-hydrogen) atoms. The number of benzene rings is 1. The third-order valence-corrected chi connectivity index (χ3v) is 5.42. The maximum absolute atomic E-state index is 13.1. The van der Waals surface area contributed by atoms with Crippen LogP contribution in [-0.2, 0) is 25.5 Å². The molecule has 0 saturated carbocycles. The summed E-state index contributed by atoms with van der Waals surface area (Å²) in [6.07, 6.45) is 0.106. The van der Waals surface area contributed by atoms with Crippen molar-refractivity contribution < 1.29 is 29.0 Å². The maximum atomic E-state index is 13.1. The first kappa shape index (κ1) is 29.4. The fraction of sp³-hybridized carbons (Fsp3) is 0.654. The Hall–Kier alpha value is -2.61. The van der Waals surface area contributed by atoms with Crippen LogP contribution in [0.25, 0.3) is 0 Å². The molecule has 0 heterocycles. The highest BCUT2D eigenvalue weighted by Gasteiger charge is 2.32. The van der Waals surface area contributed by atoms with Crippen molar-refractivity contribution in [1.29, 1.82) is 0 Å². The molecule has 8 heteroatoms. The molecule has 0 spiro atoms. The fourth-order valence-corrected chi connectivity index (χ4v) is 3.67. The van der Waals surface area contributed by atoms with Gasteiger partial charge in [0, 0.05) is 5.92 Å². The molecule has 0 aliphatic carbocycles. The van der Waals surface area contributed by atoms with Crippen molar-refractivity contribution in [2.24, 2.45) is 11.8 Å². The van der Waals surface area contributed by atoms with Crippen molar-refractivity contribution in [1.82, 2.24) is 10.6 Å². The Morgan fingerprint density at radius 2 is 1.68 bits per heavy atom. The van der Waals surface area contributed by atoms with Gasteiger partial charge < -0.3 is 25.2 Å². The second-order valence-electron chi connectivity index (χ2n) is 9.98. The Bertz CT molecular complexity index is 775. The number of methoxy groups -OCH3 is 1. The van der Waals surface area contributed by atoms with E-state index < -0.39 is 41.8 Å². The minimum atomic E-state index is -1.01. The zero-order chi connectivity index (χ0) is 25.9. The van der Waals surface area contributed by atoms with Crippen LogP contribution >= 0.6 is 0 Å². The summed E-state index contributed by atoms with van der Waals surface area (Å²) in [5.41, 5.74) is 0.251. The standard InChI is InChI=1S/C26H42N2O6/c1-8-12-19(23(30)28-22(17(2)3)24(31)33-7)16-21(29)20(15-18-13-10-9-11-14-18)27-25(32)34-26(4,5)6/h9-11,13-14,17,19-22,29H,8,12,15-16H2,1-7H3,(H,27,32)(H,28,30)/t19-,20-,21-,22+/m0/s1. The van der Waals surface area contributed by atoms with Gasteiger partial charge in [0.15, 0.2) is 0 Å². The minimum absolute atomic E-state index is 0.124. The Morgan fingerprint density at radius 1 is 1.06 bits per heavy atom. The molecule has 4 atom stereocenters. The number of alkyl carbamates (subject to hydrolysis) is 1. The van der Waals surface area contributed by atoms with Gasteiger partial charge >= 0.3 is 12.1 Å². The van der Waals surface area contributed by atoms with Crippen molar-refractivity contribution in [2.45, 2.75) is 91.0 Å². The average molecular weight is 479 g/mol. The van der Waals surface area contributed by atoms with Gasteiger partial charge in [0.1, 0.15) is 11.6 Å². The lowest BCUT2D eigenvalue weighted by molar-refractivity contribution is -0.147. The SMILES string of the molecule is CCC[C@@H](C[C@H](O)[C@H](Cc1ccccc1)NC(=O)OC(C)(C)C)C(=O)N[C@@H](C(=O)OC)C(C)C. The molecule has 1 aromatic rings. The highest BCUT2D eigenvalue weighted by molar-refractivity contribution is 5.85. The van der Waals surface area contributed by atoms with E-state index in [9.17, 15) is 19.5 Å². The van der Waals surface area contributed by atoms with E-state index in [2.05, 4.69) is 10.6 Å². The number of carbonyl (C=O) groups excluding carboxylic acids is 3. The Kier molecular flexibility index (Phi) is 12.1. The monoisotopic (exact) mass is 478 g/mol. The lowest BCUT2D eigenvalue weighted by Crippen LogP contribution is -2.50. The molecule has 0 aliphatic heterocycles. The Balaban J connectivity index is 3.02. The van der Waals surface area contributed by atoms with Crippen LogP contribution in [0.1, 0.15) is 66.4 Å². The normalized spacial score (nSPS) is 15.1. The van der Waals surface area contributed by atoms with Crippen molar-refractivity contribution in [2.75, 3.05) is 7.11 Å². The molecule has 0 unspecified atom stereocenters. The zero-order valence-corrected chi connectivity index (χ0v) is 21.6. The number of nitrogens with one attached hydrogen (secondary N) is 2. The van der Waals surface area contributed by atoms with E-state index in [1.165, 1.54) is 7.11 Å². The highest BCUT2D eigenvalue weighted by atomic mass is 16.6. The van der Waals surface area contributed by atoms with Gasteiger partial charge in [-0.05, 0) is 51.5 Å². The molecule has 8 nitrogen and oxygen atoms in total. The number of ether oxygens (including phenoxy) is 2. The lowest BCUT2D eigenvalue weighted by Gasteiger charge is -2.29. The molecule has 0 fully saturated rings. The summed E-state index contributed by atoms with van der Waals surface area (Å²) < 4.78 is 10.2. The summed E-state index contributed by atoms with van der Waals surface area (Å²) >= 11 is 0. The van der Waals surface area contributed by atoms with Gasteiger partial charge in [0.05, 0.1) is 19.3 Å².